The molecule has 7 nitrogen and oxygen atoms in total. The number of amides is 1. The molecule has 0 aliphatic heterocycles. The van der Waals surface area contributed by atoms with Crippen LogP contribution < -0.4 is 10.2 Å². The summed E-state index contributed by atoms with van der Waals surface area (Å²) >= 11 is 0. The summed E-state index contributed by atoms with van der Waals surface area (Å²) in [4.78, 5) is 38.1. The Balaban J connectivity index is 2.62. The third kappa shape index (κ3) is 6.58. The molecule has 1 amide bonds. The number of hydrogen-bond donors (Lipinski definition) is 1. The molecule has 0 aliphatic rings. The van der Waals surface area contributed by atoms with Gasteiger partial charge in [0.1, 0.15) is 6.04 Å². The van der Waals surface area contributed by atoms with Crippen LogP contribution >= 0.6 is 0 Å². The van der Waals surface area contributed by atoms with Gasteiger partial charge in [-0.05, 0) is 44.0 Å². The number of carbonyl (C=O) groups excluding carboxylic acids is 3. The number of rotatable bonds is 10. The first-order chi connectivity index (χ1) is 12.9. The van der Waals surface area contributed by atoms with Gasteiger partial charge >= 0.3 is 11.9 Å². The van der Waals surface area contributed by atoms with Crippen molar-refractivity contribution in [1.29, 1.82) is 0 Å². The predicted molar refractivity (Wildman–Crippen MR) is 104 cm³/mol. The van der Waals surface area contributed by atoms with Gasteiger partial charge in [0.05, 0.1) is 12.7 Å². The van der Waals surface area contributed by atoms with Gasteiger partial charge < -0.3 is 19.7 Å². The van der Waals surface area contributed by atoms with E-state index < -0.39 is 30.5 Å². The Bertz CT molecular complexity index is 626. The molecule has 7 heteroatoms. The second-order valence-corrected chi connectivity index (χ2v) is 6.25. The summed E-state index contributed by atoms with van der Waals surface area (Å²) < 4.78 is 9.77. The first kappa shape index (κ1) is 22.5. The Labute approximate surface area is 161 Å². The number of esters is 2. The van der Waals surface area contributed by atoms with Crippen LogP contribution in [0.25, 0.3) is 0 Å². The quantitative estimate of drug-likeness (QED) is 0.629. The zero-order valence-corrected chi connectivity index (χ0v) is 16.8. The van der Waals surface area contributed by atoms with Crippen LogP contribution in [-0.2, 0) is 19.1 Å². The van der Waals surface area contributed by atoms with E-state index >= 15 is 0 Å². The van der Waals surface area contributed by atoms with Crippen LogP contribution in [0.2, 0.25) is 0 Å². The molecule has 0 spiro atoms. The maximum absolute atomic E-state index is 12.1. The highest BCUT2D eigenvalue weighted by Crippen LogP contribution is 2.15. The number of nitrogens with zero attached hydrogens (tertiary/aromatic N) is 1. The van der Waals surface area contributed by atoms with Crippen molar-refractivity contribution in [3.05, 3.63) is 29.8 Å². The zero-order valence-electron chi connectivity index (χ0n) is 16.8. The molecule has 0 saturated heterocycles. The van der Waals surface area contributed by atoms with Gasteiger partial charge in [-0.2, -0.15) is 0 Å². The molecule has 150 valence electrons. The van der Waals surface area contributed by atoms with E-state index in [-0.39, 0.29) is 5.92 Å². The summed E-state index contributed by atoms with van der Waals surface area (Å²) in [7, 11) is 1.27. The number of methoxy groups -OCH3 is 1. The molecule has 0 heterocycles. The average Bonchev–Trinajstić information content (AvgIpc) is 2.70. The summed E-state index contributed by atoms with van der Waals surface area (Å²) in [5.74, 6) is -1.74. The fourth-order valence-corrected chi connectivity index (χ4v) is 2.62. The van der Waals surface area contributed by atoms with E-state index in [0.29, 0.717) is 12.0 Å². The Kier molecular flexibility index (Phi) is 9.33. The number of ether oxygens (including phenoxy) is 2. The molecule has 0 radical (unpaired) electrons. The smallest absolute Gasteiger partial charge is 0.338 e. The molecule has 0 aromatic heterocycles. The SMILES string of the molecule is CC[C@H](C)[C@H](NC(=O)COC(=O)c1ccc(N(CC)CC)cc1)C(=O)OC. The van der Waals surface area contributed by atoms with Gasteiger partial charge in [0.25, 0.3) is 5.91 Å². The van der Waals surface area contributed by atoms with Crippen LogP contribution in [0.1, 0.15) is 44.5 Å². The van der Waals surface area contributed by atoms with E-state index in [1.54, 1.807) is 12.1 Å². The fraction of sp³-hybridized carbons (Fsp3) is 0.550. The second kappa shape index (κ2) is 11.2. The molecule has 0 fully saturated rings. The lowest BCUT2D eigenvalue weighted by Gasteiger charge is -2.22. The summed E-state index contributed by atoms with van der Waals surface area (Å²) in [5, 5.41) is 2.57. The van der Waals surface area contributed by atoms with Gasteiger partial charge in [-0.25, -0.2) is 9.59 Å². The maximum atomic E-state index is 12.1. The van der Waals surface area contributed by atoms with Crippen molar-refractivity contribution in [1.82, 2.24) is 5.32 Å². The molecule has 1 aromatic rings. The van der Waals surface area contributed by atoms with E-state index in [0.717, 1.165) is 18.8 Å². The molecular weight excluding hydrogens is 348 g/mol. The van der Waals surface area contributed by atoms with Gasteiger partial charge in [-0.15, -0.1) is 0 Å². The van der Waals surface area contributed by atoms with Crippen molar-refractivity contribution in [3.8, 4) is 0 Å². The maximum Gasteiger partial charge on any atom is 0.338 e. The molecule has 2 atom stereocenters. The fourth-order valence-electron chi connectivity index (χ4n) is 2.62. The van der Waals surface area contributed by atoms with Crippen LogP contribution in [0.15, 0.2) is 24.3 Å². The first-order valence-electron chi connectivity index (χ1n) is 9.27. The highest BCUT2D eigenvalue weighted by Gasteiger charge is 2.27. The topological polar surface area (TPSA) is 84.9 Å². The molecule has 0 saturated carbocycles. The third-order valence-electron chi connectivity index (χ3n) is 4.55. The van der Waals surface area contributed by atoms with E-state index in [1.165, 1.54) is 7.11 Å². The van der Waals surface area contributed by atoms with Crippen molar-refractivity contribution in [3.63, 3.8) is 0 Å². The molecule has 27 heavy (non-hydrogen) atoms. The average molecular weight is 378 g/mol. The molecule has 0 unspecified atom stereocenters. The van der Waals surface area contributed by atoms with Crippen molar-refractivity contribution >= 4 is 23.5 Å². The van der Waals surface area contributed by atoms with Crippen LogP contribution in [0.5, 0.6) is 0 Å². The lowest BCUT2D eigenvalue weighted by Crippen LogP contribution is -2.47. The van der Waals surface area contributed by atoms with Gasteiger partial charge in [0, 0.05) is 18.8 Å². The summed E-state index contributed by atoms with van der Waals surface area (Å²) in [6, 6.07) is 6.27. The number of nitrogens with one attached hydrogen (secondary N) is 1. The van der Waals surface area contributed by atoms with Crippen molar-refractivity contribution in [2.75, 3.05) is 31.7 Å². The molecule has 0 bridgehead atoms. The van der Waals surface area contributed by atoms with E-state index in [4.69, 9.17) is 9.47 Å². The standard InChI is InChI=1S/C20H30N2O5/c1-6-14(4)18(20(25)26-5)21-17(23)13-27-19(24)15-9-11-16(12-10-15)22(7-2)8-3/h9-12,14,18H,6-8,13H2,1-5H3,(H,21,23)/t14-,18-/m0/s1. The van der Waals surface area contributed by atoms with Gasteiger partial charge in [-0.1, -0.05) is 20.3 Å². The Hall–Kier alpha value is -2.57. The second-order valence-electron chi connectivity index (χ2n) is 6.25. The molecule has 1 aromatic carbocycles. The van der Waals surface area contributed by atoms with Crippen LogP contribution in [0.4, 0.5) is 5.69 Å². The van der Waals surface area contributed by atoms with Crippen LogP contribution in [0.3, 0.4) is 0 Å². The number of anilines is 1. The zero-order chi connectivity index (χ0) is 20.4. The molecule has 1 N–H and O–H groups in total. The van der Waals surface area contributed by atoms with E-state index in [1.807, 2.05) is 26.0 Å². The Morgan fingerprint density at radius 1 is 1.07 bits per heavy atom. The monoisotopic (exact) mass is 378 g/mol. The summed E-state index contributed by atoms with van der Waals surface area (Å²) in [5.41, 5.74) is 1.38. The number of hydrogen-bond acceptors (Lipinski definition) is 6. The normalized spacial score (nSPS) is 12.6. The van der Waals surface area contributed by atoms with Crippen molar-refractivity contribution in [2.45, 2.75) is 40.2 Å². The van der Waals surface area contributed by atoms with Crippen molar-refractivity contribution in [2.24, 2.45) is 5.92 Å². The van der Waals surface area contributed by atoms with Crippen LogP contribution in [0, 0.1) is 5.92 Å². The minimum absolute atomic E-state index is 0.0928. The third-order valence-corrected chi connectivity index (χ3v) is 4.55. The summed E-state index contributed by atoms with van der Waals surface area (Å²) in [6.07, 6.45) is 0.693. The largest absolute Gasteiger partial charge is 0.467 e. The molecule has 0 aliphatic carbocycles. The first-order valence-corrected chi connectivity index (χ1v) is 9.27. The highest BCUT2D eigenvalue weighted by atomic mass is 16.5. The number of carbonyl (C=O) groups is 3. The minimum Gasteiger partial charge on any atom is -0.467 e. The number of benzene rings is 1. The van der Waals surface area contributed by atoms with Gasteiger partial charge in [0.15, 0.2) is 6.61 Å². The van der Waals surface area contributed by atoms with E-state index in [2.05, 4.69) is 24.1 Å². The van der Waals surface area contributed by atoms with E-state index in [9.17, 15) is 14.4 Å². The minimum atomic E-state index is -0.764. The van der Waals surface area contributed by atoms with Crippen molar-refractivity contribution < 1.29 is 23.9 Å². The lowest BCUT2D eigenvalue weighted by atomic mass is 9.99. The Morgan fingerprint density at radius 2 is 1.67 bits per heavy atom. The Morgan fingerprint density at radius 3 is 2.15 bits per heavy atom. The lowest BCUT2D eigenvalue weighted by molar-refractivity contribution is -0.147. The predicted octanol–water partition coefficient (Wildman–Crippen LogP) is 2.39. The molecular formula is C20H30N2O5. The van der Waals surface area contributed by atoms with Gasteiger partial charge in [0.2, 0.25) is 0 Å². The van der Waals surface area contributed by atoms with Crippen LogP contribution in [-0.4, -0.2) is 50.7 Å². The van der Waals surface area contributed by atoms with Gasteiger partial charge in [-0.3, -0.25) is 4.79 Å². The summed E-state index contributed by atoms with van der Waals surface area (Å²) in [6.45, 7) is 9.16. The highest BCUT2D eigenvalue weighted by molar-refractivity contribution is 5.92. The molecule has 1 rings (SSSR count).